The maximum Gasteiger partial charge on any atom is 0.191 e. The van der Waals surface area contributed by atoms with Crippen LogP contribution in [0.3, 0.4) is 0 Å². The molecule has 3 rings (SSSR count). The number of guanidine groups is 1. The molecule has 2 aliphatic rings. The van der Waals surface area contributed by atoms with Crippen molar-refractivity contribution in [3.05, 3.63) is 34.9 Å². The molecular formula is C15H21N3. The van der Waals surface area contributed by atoms with Gasteiger partial charge in [-0.05, 0) is 43.7 Å². The first-order chi connectivity index (χ1) is 8.65. The van der Waals surface area contributed by atoms with Crippen molar-refractivity contribution < 1.29 is 0 Å². The maximum atomic E-state index is 6.04. The molecule has 1 fully saturated rings. The predicted molar refractivity (Wildman–Crippen MR) is 74.6 cm³/mol. The van der Waals surface area contributed by atoms with E-state index in [1.165, 1.54) is 29.5 Å². The van der Waals surface area contributed by atoms with Crippen molar-refractivity contribution >= 4 is 5.96 Å². The second-order valence-corrected chi connectivity index (χ2v) is 5.67. The van der Waals surface area contributed by atoms with Crippen molar-refractivity contribution in [2.24, 2.45) is 16.6 Å². The van der Waals surface area contributed by atoms with Gasteiger partial charge >= 0.3 is 0 Å². The Balaban J connectivity index is 1.85. The van der Waals surface area contributed by atoms with Gasteiger partial charge in [0.25, 0.3) is 0 Å². The Kier molecular flexibility index (Phi) is 2.77. The van der Waals surface area contributed by atoms with E-state index in [1.807, 2.05) is 0 Å². The van der Waals surface area contributed by atoms with Crippen LogP contribution in [-0.2, 0) is 0 Å². The third-order valence-electron chi connectivity index (χ3n) is 4.03. The van der Waals surface area contributed by atoms with Crippen LogP contribution in [0.25, 0.3) is 0 Å². The highest BCUT2D eigenvalue weighted by atomic mass is 15.3. The van der Waals surface area contributed by atoms with Crippen LogP contribution >= 0.6 is 0 Å². The summed E-state index contributed by atoms with van der Waals surface area (Å²) in [5, 5.41) is 0. The molecule has 0 radical (unpaired) electrons. The summed E-state index contributed by atoms with van der Waals surface area (Å²) in [5.41, 5.74) is 10.1. The second-order valence-electron chi connectivity index (χ2n) is 5.67. The third kappa shape index (κ3) is 2.09. The van der Waals surface area contributed by atoms with E-state index in [2.05, 4.69) is 41.9 Å². The zero-order valence-electron chi connectivity index (χ0n) is 11.2. The minimum Gasteiger partial charge on any atom is -0.370 e. The van der Waals surface area contributed by atoms with Crippen LogP contribution in [0.2, 0.25) is 0 Å². The second kappa shape index (κ2) is 4.30. The van der Waals surface area contributed by atoms with Gasteiger partial charge in [0.2, 0.25) is 0 Å². The minimum absolute atomic E-state index is 0.353. The van der Waals surface area contributed by atoms with Gasteiger partial charge in [-0.2, -0.15) is 0 Å². The SMILES string of the molecule is Cc1ccc(C2CN=C(N)N2CC2CC2)c(C)c1. The molecule has 3 nitrogen and oxygen atoms in total. The first-order valence-corrected chi connectivity index (χ1v) is 6.79. The van der Waals surface area contributed by atoms with Gasteiger partial charge in [0, 0.05) is 6.54 Å². The molecule has 96 valence electrons. The molecule has 1 aliphatic carbocycles. The number of rotatable bonds is 3. The topological polar surface area (TPSA) is 41.6 Å². The van der Waals surface area contributed by atoms with Crippen molar-refractivity contribution in [3.63, 3.8) is 0 Å². The molecule has 1 unspecified atom stereocenters. The highest BCUT2D eigenvalue weighted by Crippen LogP contribution is 2.35. The summed E-state index contributed by atoms with van der Waals surface area (Å²) in [6, 6.07) is 7.03. The van der Waals surface area contributed by atoms with E-state index < -0.39 is 0 Å². The van der Waals surface area contributed by atoms with Crippen molar-refractivity contribution in [2.75, 3.05) is 13.1 Å². The van der Waals surface area contributed by atoms with E-state index in [0.717, 1.165) is 25.0 Å². The average molecular weight is 243 g/mol. The molecule has 0 aromatic heterocycles. The van der Waals surface area contributed by atoms with Gasteiger partial charge in [-0.3, -0.25) is 4.99 Å². The lowest BCUT2D eigenvalue weighted by Crippen LogP contribution is -2.37. The standard InChI is InChI=1S/C15H21N3/c1-10-3-6-13(11(2)7-10)14-8-17-15(16)18(14)9-12-4-5-12/h3,6-7,12,14H,4-5,8-9H2,1-2H3,(H2,16,17). The Bertz CT molecular complexity index is 489. The van der Waals surface area contributed by atoms with Crippen molar-refractivity contribution in [2.45, 2.75) is 32.7 Å². The molecule has 2 N–H and O–H groups in total. The maximum absolute atomic E-state index is 6.04. The van der Waals surface area contributed by atoms with Gasteiger partial charge in [-0.15, -0.1) is 0 Å². The largest absolute Gasteiger partial charge is 0.370 e. The van der Waals surface area contributed by atoms with Crippen LogP contribution in [0, 0.1) is 19.8 Å². The van der Waals surface area contributed by atoms with Gasteiger partial charge in [0.1, 0.15) is 0 Å². The Labute approximate surface area is 109 Å². The smallest absolute Gasteiger partial charge is 0.191 e. The van der Waals surface area contributed by atoms with Crippen LogP contribution in [-0.4, -0.2) is 23.9 Å². The summed E-state index contributed by atoms with van der Waals surface area (Å²) in [7, 11) is 0. The van der Waals surface area contributed by atoms with E-state index in [1.54, 1.807) is 0 Å². The number of aryl methyl sites for hydroxylation is 2. The fourth-order valence-corrected chi connectivity index (χ4v) is 2.79. The molecule has 1 aromatic rings. The van der Waals surface area contributed by atoms with E-state index in [0.29, 0.717) is 6.04 Å². The molecule has 0 amide bonds. The lowest BCUT2D eigenvalue weighted by molar-refractivity contribution is 0.333. The van der Waals surface area contributed by atoms with Crippen LogP contribution in [0.4, 0.5) is 0 Å². The normalized spacial score (nSPS) is 23.3. The summed E-state index contributed by atoms with van der Waals surface area (Å²) in [5.74, 6) is 1.57. The molecule has 1 atom stereocenters. The van der Waals surface area contributed by atoms with Gasteiger partial charge in [-0.1, -0.05) is 23.8 Å². The molecule has 1 saturated carbocycles. The van der Waals surface area contributed by atoms with Crippen molar-refractivity contribution in [1.82, 2.24) is 4.90 Å². The number of hydrogen-bond donors (Lipinski definition) is 1. The summed E-state index contributed by atoms with van der Waals surface area (Å²) < 4.78 is 0. The molecular weight excluding hydrogens is 222 g/mol. The van der Waals surface area contributed by atoms with Crippen molar-refractivity contribution in [3.8, 4) is 0 Å². The number of aliphatic imine (C=N–C) groups is 1. The Morgan fingerprint density at radius 1 is 1.33 bits per heavy atom. The van der Waals surface area contributed by atoms with Gasteiger partial charge < -0.3 is 10.6 Å². The van der Waals surface area contributed by atoms with Crippen LogP contribution in [0.15, 0.2) is 23.2 Å². The number of hydrogen-bond acceptors (Lipinski definition) is 3. The lowest BCUT2D eigenvalue weighted by atomic mass is 9.98. The zero-order chi connectivity index (χ0) is 12.7. The number of benzene rings is 1. The molecule has 1 aliphatic heterocycles. The first-order valence-electron chi connectivity index (χ1n) is 6.79. The predicted octanol–water partition coefficient (Wildman–Crippen LogP) is 2.38. The summed E-state index contributed by atoms with van der Waals surface area (Å²) in [4.78, 5) is 6.74. The molecule has 0 bridgehead atoms. The monoisotopic (exact) mass is 243 g/mol. The number of nitrogens with zero attached hydrogens (tertiary/aromatic N) is 2. The Morgan fingerprint density at radius 2 is 2.11 bits per heavy atom. The molecule has 1 aromatic carbocycles. The minimum atomic E-state index is 0.353. The average Bonchev–Trinajstić information content (AvgIpc) is 3.06. The third-order valence-corrected chi connectivity index (χ3v) is 4.03. The van der Waals surface area contributed by atoms with Crippen molar-refractivity contribution in [1.29, 1.82) is 0 Å². The molecule has 1 heterocycles. The van der Waals surface area contributed by atoms with Gasteiger partial charge in [-0.25, -0.2) is 0 Å². The molecule has 0 saturated heterocycles. The Hall–Kier alpha value is -1.51. The lowest BCUT2D eigenvalue weighted by Gasteiger charge is -2.27. The zero-order valence-corrected chi connectivity index (χ0v) is 11.2. The van der Waals surface area contributed by atoms with E-state index >= 15 is 0 Å². The van der Waals surface area contributed by atoms with E-state index in [-0.39, 0.29) is 0 Å². The summed E-state index contributed by atoms with van der Waals surface area (Å²) in [6.45, 7) is 6.21. The fraction of sp³-hybridized carbons (Fsp3) is 0.533. The first kappa shape index (κ1) is 11.6. The number of nitrogens with two attached hydrogens (primary N) is 1. The fourth-order valence-electron chi connectivity index (χ4n) is 2.79. The van der Waals surface area contributed by atoms with Crippen LogP contribution in [0.1, 0.15) is 35.6 Å². The quantitative estimate of drug-likeness (QED) is 0.885. The van der Waals surface area contributed by atoms with E-state index in [9.17, 15) is 0 Å². The van der Waals surface area contributed by atoms with E-state index in [4.69, 9.17) is 5.73 Å². The molecule has 0 spiro atoms. The van der Waals surface area contributed by atoms with Crippen LogP contribution in [0.5, 0.6) is 0 Å². The molecule has 18 heavy (non-hydrogen) atoms. The van der Waals surface area contributed by atoms with Gasteiger partial charge in [0.15, 0.2) is 5.96 Å². The highest BCUT2D eigenvalue weighted by Gasteiger charge is 2.33. The van der Waals surface area contributed by atoms with Crippen LogP contribution < -0.4 is 5.73 Å². The highest BCUT2D eigenvalue weighted by molar-refractivity contribution is 5.80. The summed E-state index contributed by atoms with van der Waals surface area (Å²) >= 11 is 0. The van der Waals surface area contributed by atoms with Gasteiger partial charge in [0.05, 0.1) is 12.6 Å². The Morgan fingerprint density at radius 3 is 2.78 bits per heavy atom. The molecule has 3 heteroatoms. The summed E-state index contributed by atoms with van der Waals surface area (Å²) in [6.07, 6.45) is 2.70.